The first-order valence-corrected chi connectivity index (χ1v) is 18.8. The maximum Gasteiger partial charge on any atom is 0.256 e. The summed E-state index contributed by atoms with van der Waals surface area (Å²) >= 11 is 1.53. The Balaban J connectivity index is 1.11. The van der Waals surface area contributed by atoms with Crippen molar-refractivity contribution in [2.24, 2.45) is 0 Å². The number of aliphatic hydroxyl groups is 1. The number of thioether (sulfide) groups is 1. The summed E-state index contributed by atoms with van der Waals surface area (Å²) in [6.45, 7) is 2.56. The number of ether oxygens (including phenoxy) is 2. The van der Waals surface area contributed by atoms with Crippen molar-refractivity contribution in [3.8, 4) is 22.6 Å². The molecule has 1 aromatic heterocycles. The average molecular weight is 720 g/mol. The van der Waals surface area contributed by atoms with Crippen molar-refractivity contribution in [1.29, 1.82) is 0 Å². The van der Waals surface area contributed by atoms with E-state index < -0.39 is 6.29 Å². The van der Waals surface area contributed by atoms with Gasteiger partial charge in [0.05, 0.1) is 18.8 Å². The molecule has 270 valence electrons. The van der Waals surface area contributed by atoms with Gasteiger partial charge >= 0.3 is 0 Å². The van der Waals surface area contributed by atoms with Crippen molar-refractivity contribution in [1.82, 2.24) is 15.6 Å². The monoisotopic (exact) mass is 719 g/mol. The van der Waals surface area contributed by atoms with Crippen LogP contribution in [0.15, 0.2) is 119 Å². The number of benzene rings is 4. The molecule has 0 radical (unpaired) electrons. The molecule has 10 heteroatoms. The first-order chi connectivity index (χ1) is 25.4. The molecule has 5 aromatic rings. The van der Waals surface area contributed by atoms with Crippen LogP contribution in [0.3, 0.4) is 0 Å². The van der Waals surface area contributed by atoms with E-state index in [9.17, 15) is 14.7 Å². The van der Waals surface area contributed by atoms with Gasteiger partial charge in [0.2, 0.25) is 11.8 Å². The summed E-state index contributed by atoms with van der Waals surface area (Å²) in [5, 5.41) is 15.9. The van der Waals surface area contributed by atoms with Crippen molar-refractivity contribution in [3.63, 3.8) is 0 Å². The summed E-state index contributed by atoms with van der Waals surface area (Å²) in [5.41, 5.74) is 6.48. The Bertz CT molecular complexity index is 1810. The molecule has 2 amide bonds. The number of hydrogen-bond acceptors (Lipinski definition) is 8. The second kappa shape index (κ2) is 18.7. The number of aromatic nitrogens is 1. The van der Waals surface area contributed by atoms with Gasteiger partial charge in [-0.15, -0.1) is 0 Å². The highest BCUT2D eigenvalue weighted by molar-refractivity contribution is 7.99. The number of rotatable bonds is 16. The third kappa shape index (κ3) is 10.4. The zero-order chi connectivity index (χ0) is 36.1. The Morgan fingerprint density at radius 3 is 2.15 bits per heavy atom. The van der Waals surface area contributed by atoms with E-state index in [1.807, 2.05) is 109 Å². The van der Waals surface area contributed by atoms with Crippen LogP contribution in [0.2, 0.25) is 0 Å². The molecule has 1 aliphatic rings. The molecule has 9 nitrogen and oxygen atoms in total. The number of carbonyl (C=O) groups is 2. The van der Waals surface area contributed by atoms with Crippen LogP contribution in [0.4, 0.5) is 0 Å². The highest BCUT2D eigenvalue weighted by Crippen LogP contribution is 2.41. The van der Waals surface area contributed by atoms with E-state index in [1.165, 1.54) is 18.7 Å². The Labute approximate surface area is 309 Å². The number of nitrogens with one attached hydrogen (secondary N) is 2. The predicted octanol–water partition coefficient (Wildman–Crippen LogP) is 8.15. The minimum absolute atomic E-state index is 0.00998. The number of carbonyl (C=O) groups excluding carboxylic acids is 2. The first kappa shape index (κ1) is 37.0. The average Bonchev–Trinajstić information content (AvgIpc) is 3.63. The molecule has 1 aliphatic heterocycles. The molecule has 4 aromatic carbocycles. The third-order valence-corrected chi connectivity index (χ3v) is 9.85. The van der Waals surface area contributed by atoms with Gasteiger partial charge in [0, 0.05) is 55.3 Å². The number of nitrogens with zero attached hydrogens (tertiary/aromatic N) is 1. The van der Waals surface area contributed by atoms with Crippen LogP contribution in [0.5, 0.6) is 0 Å². The van der Waals surface area contributed by atoms with Crippen LogP contribution in [-0.2, 0) is 32.2 Å². The molecule has 52 heavy (non-hydrogen) atoms. The fraction of sp³-hybridized carbons (Fsp3) is 0.310. The van der Waals surface area contributed by atoms with Gasteiger partial charge < -0.3 is 29.6 Å². The number of unbranched alkanes of at least 4 members (excludes halogenated alkanes) is 2. The highest BCUT2D eigenvalue weighted by atomic mass is 32.2. The molecular formula is C42H45N3O6S. The Kier molecular flexibility index (Phi) is 13.3. The topological polar surface area (TPSA) is 123 Å². The molecule has 0 spiro atoms. The van der Waals surface area contributed by atoms with E-state index in [2.05, 4.69) is 10.6 Å². The zero-order valence-corrected chi connectivity index (χ0v) is 30.1. The fourth-order valence-corrected chi connectivity index (χ4v) is 6.90. The van der Waals surface area contributed by atoms with E-state index >= 15 is 0 Å². The number of aliphatic hydroxyl groups excluding tert-OH is 1. The summed E-state index contributed by atoms with van der Waals surface area (Å²) in [4.78, 5) is 28.3. The Morgan fingerprint density at radius 2 is 1.46 bits per heavy atom. The lowest BCUT2D eigenvalue weighted by Gasteiger charge is -2.36. The first-order valence-electron chi connectivity index (χ1n) is 17.8. The summed E-state index contributed by atoms with van der Waals surface area (Å²) in [6, 6.07) is 35.9. The van der Waals surface area contributed by atoms with E-state index in [0.29, 0.717) is 36.9 Å². The van der Waals surface area contributed by atoms with Gasteiger partial charge in [-0.1, -0.05) is 127 Å². The molecule has 6 rings (SSSR count). The van der Waals surface area contributed by atoms with Gasteiger partial charge in [0.25, 0.3) is 5.22 Å². The van der Waals surface area contributed by atoms with E-state index in [0.717, 1.165) is 64.1 Å². The van der Waals surface area contributed by atoms with Gasteiger partial charge in [0.1, 0.15) is 5.69 Å². The lowest BCUT2D eigenvalue weighted by atomic mass is 10.0. The standard InChI is InChI=1S/C42H45N3O6S/c1-29(47)43-24-10-4-9-15-38(48)44-26-30-16-22-35(23-17-30)41-49-36(25-37(50-41)32-20-18-31(27-46)19-21-32)28-52-42-45-39(33-11-5-2-6-12-33)40(51-42)34-13-7-3-8-14-34/h2-3,5-8,11-14,16-23,36-37,41,46H,4,9-10,15,24-28H2,1H3,(H,43,47)(H,44,48)/t36-,37+,41+/m1/s1. The van der Waals surface area contributed by atoms with Crippen LogP contribution in [-0.4, -0.2) is 40.3 Å². The van der Waals surface area contributed by atoms with E-state index in [1.54, 1.807) is 0 Å². The van der Waals surface area contributed by atoms with Crippen molar-refractivity contribution < 1.29 is 28.6 Å². The van der Waals surface area contributed by atoms with Gasteiger partial charge in [-0.25, -0.2) is 4.98 Å². The fourth-order valence-electron chi connectivity index (χ4n) is 6.06. The minimum atomic E-state index is -0.604. The van der Waals surface area contributed by atoms with Crippen LogP contribution >= 0.6 is 11.8 Å². The van der Waals surface area contributed by atoms with Gasteiger partial charge in [-0.3, -0.25) is 9.59 Å². The second-order valence-corrected chi connectivity index (χ2v) is 13.8. The summed E-state index contributed by atoms with van der Waals surface area (Å²) < 4.78 is 19.5. The molecule has 0 unspecified atom stereocenters. The predicted molar refractivity (Wildman–Crippen MR) is 202 cm³/mol. The molecule has 0 bridgehead atoms. The minimum Gasteiger partial charge on any atom is -0.431 e. The van der Waals surface area contributed by atoms with E-state index in [-0.39, 0.29) is 30.6 Å². The van der Waals surface area contributed by atoms with Gasteiger partial charge in [-0.05, 0) is 29.5 Å². The van der Waals surface area contributed by atoms with Crippen LogP contribution in [0.1, 0.15) is 73.7 Å². The smallest absolute Gasteiger partial charge is 0.256 e. The number of hydrogen-bond donors (Lipinski definition) is 3. The Hall–Kier alpha value is -4.74. The van der Waals surface area contributed by atoms with Gasteiger partial charge in [-0.2, -0.15) is 0 Å². The molecular weight excluding hydrogens is 675 g/mol. The maximum absolute atomic E-state index is 12.4. The normalized spacial score (nSPS) is 17.1. The highest BCUT2D eigenvalue weighted by Gasteiger charge is 2.33. The van der Waals surface area contributed by atoms with Crippen molar-refractivity contribution in [2.45, 2.75) is 75.9 Å². The molecule has 3 N–H and O–H groups in total. The quantitative estimate of drug-likeness (QED) is 0.0690. The molecule has 1 fully saturated rings. The Morgan fingerprint density at radius 1 is 0.788 bits per heavy atom. The molecule has 0 saturated carbocycles. The van der Waals surface area contributed by atoms with Crippen molar-refractivity contribution in [2.75, 3.05) is 12.3 Å². The lowest BCUT2D eigenvalue weighted by molar-refractivity contribution is -0.245. The lowest BCUT2D eigenvalue weighted by Crippen LogP contribution is -2.31. The van der Waals surface area contributed by atoms with Crippen molar-refractivity contribution in [3.05, 3.63) is 131 Å². The van der Waals surface area contributed by atoms with Crippen LogP contribution in [0, 0.1) is 0 Å². The zero-order valence-electron chi connectivity index (χ0n) is 29.3. The molecule has 0 aliphatic carbocycles. The molecule has 2 heterocycles. The van der Waals surface area contributed by atoms with E-state index in [4.69, 9.17) is 18.9 Å². The van der Waals surface area contributed by atoms with Gasteiger partial charge in [0.15, 0.2) is 12.1 Å². The van der Waals surface area contributed by atoms with Crippen LogP contribution in [0.25, 0.3) is 22.6 Å². The van der Waals surface area contributed by atoms with Crippen molar-refractivity contribution >= 4 is 23.6 Å². The summed E-state index contributed by atoms with van der Waals surface area (Å²) in [6.07, 6.45) is 2.62. The largest absolute Gasteiger partial charge is 0.431 e. The molecule has 3 atom stereocenters. The van der Waals surface area contributed by atoms with Crippen LogP contribution < -0.4 is 10.6 Å². The SMILES string of the molecule is CC(=O)NCCCCCC(=O)NCc1ccc([C@H]2O[C@@H](CSc3nc(-c4ccccc4)c(-c4ccccc4)o3)C[C@@H](c3ccc(CO)cc3)O2)cc1. The maximum atomic E-state index is 12.4. The number of amides is 2. The summed E-state index contributed by atoms with van der Waals surface area (Å²) in [5.74, 6) is 1.31. The summed E-state index contributed by atoms with van der Waals surface area (Å²) in [7, 11) is 0. The number of oxazole rings is 1. The molecule has 1 saturated heterocycles. The second-order valence-electron chi connectivity index (χ2n) is 12.9. The third-order valence-electron chi connectivity index (χ3n) is 8.89.